The fourth-order valence-corrected chi connectivity index (χ4v) is 2.45. The summed E-state index contributed by atoms with van der Waals surface area (Å²) in [5.74, 6) is 10.9. The van der Waals surface area contributed by atoms with Crippen LogP contribution in [-0.4, -0.2) is 18.1 Å². The molecule has 4 N–H and O–H groups in total. The number of amides is 2. The third-order valence-corrected chi connectivity index (χ3v) is 3.91. The maximum absolute atomic E-state index is 13.8. The second kappa shape index (κ2) is 7.61. The molecule has 0 heterocycles. The van der Waals surface area contributed by atoms with Crippen molar-refractivity contribution >= 4 is 27.6 Å². The molecule has 0 aliphatic heterocycles. The number of hydrogen-bond acceptors (Lipinski definition) is 4. The number of benzene rings is 2. The van der Waals surface area contributed by atoms with E-state index < -0.39 is 11.8 Å². The van der Waals surface area contributed by atoms with Crippen LogP contribution in [0, 0.1) is 12.7 Å². The minimum Gasteiger partial charge on any atom is -0.486 e. The number of rotatable bonds is 4. The summed E-state index contributed by atoms with van der Waals surface area (Å²) in [6.45, 7) is 1.90. The van der Waals surface area contributed by atoms with Gasteiger partial charge in [-0.15, -0.1) is 0 Å². The highest BCUT2D eigenvalue weighted by Gasteiger charge is 2.19. The SMILES string of the molecule is Cc1cccc(N(N)C(=O)N(C)N)c1COc1cc(Br)ccc1F. The van der Waals surface area contributed by atoms with Crippen LogP contribution < -0.4 is 21.4 Å². The van der Waals surface area contributed by atoms with Gasteiger partial charge in [-0.2, -0.15) is 0 Å². The van der Waals surface area contributed by atoms with Crippen LogP contribution in [0.25, 0.3) is 0 Å². The molecule has 2 aromatic carbocycles. The van der Waals surface area contributed by atoms with Crippen LogP contribution in [0.15, 0.2) is 40.9 Å². The highest BCUT2D eigenvalue weighted by atomic mass is 79.9. The molecule has 8 heteroatoms. The quantitative estimate of drug-likeness (QED) is 0.472. The van der Waals surface area contributed by atoms with E-state index >= 15 is 0 Å². The number of hydrogen-bond donors (Lipinski definition) is 2. The maximum Gasteiger partial charge on any atom is 0.352 e. The Hall–Kier alpha value is -2.16. The molecule has 0 saturated carbocycles. The molecular weight excluding hydrogens is 379 g/mol. The van der Waals surface area contributed by atoms with Gasteiger partial charge in [-0.05, 0) is 36.8 Å². The molecule has 128 valence electrons. The van der Waals surface area contributed by atoms with Crippen LogP contribution in [0.5, 0.6) is 5.75 Å². The number of aryl methyl sites for hydroxylation is 1. The van der Waals surface area contributed by atoms with Crippen LogP contribution >= 0.6 is 15.9 Å². The molecule has 24 heavy (non-hydrogen) atoms. The topological polar surface area (TPSA) is 84.8 Å². The number of carbonyl (C=O) groups is 1. The standard InChI is InChI=1S/C16H18BrFN4O2/c1-10-4-3-5-14(22(20)16(23)21(2)19)12(10)9-24-15-8-11(17)6-7-13(15)18/h3-8H,9,19-20H2,1-2H3. The van der Waals surface area contributed by atoms with Crippen molar-refractivity contribution in [1.29, 1.82) is 0 Å². The third-order valence-electron chi connectivity index (χ3n) is 3.42. The first-order valence-electron chi connectivity index (χ1n) is 7.04. The lowest BCUT2D eigenvalue weighted by Gasteiger charge is -2.24. The molecule has 0 aliphatic rings. The van der Waals surface area contributed by atoms with Gasteiger partial charge in [-0.1, -0.05) is 28.1 Å². The summed E-state index contributed by atoms with van der Waals surface area (Å²) in [5.41, 5.74) is 1.95. The molecule has 0 aromatic heterocycles. The van der Waals surface area contributed by atoms with Crippen molar-refractivity contribution < 1.29 is 13.9 Å². The average molecular weight is 397 g/mol. The van der Waals surface area contributed by atoms with Crippen LogP contribution in [0.3, 0.4) is 0 Å². The Labute approximate surface area is 147 Å². The number of anilines is 1. The van der Waals surface area contributed by atoms with Crippen molar-refractivity contribution in [2.24, 2.45) is 11.7 Å². The van der Waals surface area contributed by atoms with Gasteiger partial charge in [0, 0.05) is 17.1 Å². The second-order valence-corrected chi connectivity index (χ2v) is 6.12. The number of urea groups is 1. The van der Waals surface area contributed by atoms with Gasteiger partial charge >= 0.3 is 6.03 Å². The molecule has 0 unspecified atom stereocenters. The van der Waals surface area contributed by atoms with Crippen molar-refractivity contribution in [2.75, 3.05) is 12.1 Å². The van der Waals surface area contributed by atoms with Gasteiger partial charge in [0.05, 0.1) is 5.69 Å². The normalized spacial score (nSPS) is 10.4. The van der Waals surface area contributed by atoms with E-state index in [-0.39, 0.29) is 12.4 Å². The smallest absolute Gasteiger partial charge is 0.352 e. The summed E-state index contributed by atoms with van der Waals surface area (Å²) in [7, 11) is 1.39. The lowest BCUT2D eigenvalue weighted by Crippen LogP contribution is -2.49. The largest absolute Gasteiger partial charge is 0.486 e. The molecule has 0 aliphatic carbocycles. The molecule has 0 atom stereocenters. The van der Waals surface area contributed by atoms with Crippen LogP contribution in [0.1, 0.15) is 11.1 Å². The van der Waals surface area contributed by atoms with Crippen molar-refractivity contribution in [3.63, 3.8) is 0 Å². The van der Waals surface area contributed by atoms with E-state index in [9.17, 15) is 9.18 Å². The van der Waals surface area contributed by atoms with Gasteiger partial charge in [0.2, 0.25) is 0 Å². The molecule has 0 fully saturated rings. The highest BCUT2D eigenvalue weighted by Crippen LogP contribution is 2.27. The van der Waals surface area contributed by atoms with E-state index in [4.69, 9.17) is 16.4 Å². The Kier molecular flexibility index (Phi) is 5.76. The zero-order valence-electron chi connectivity index (χ0n) is 13.3. The number of carbonyl (C=O) groups excluding carboxylic acids is 1. The first-order valence-corrected chi connectivity index (χ1v) is 7.84. The molecule has 6 nitrogen and oxygen atoms in total. The van der Waals surface area contributed by atoms with Gasteiger partial charge in [0.25, 0.3) is 0 Å². The summed E-state index contributed by atoms with van der Waals surface area (Å²) in [6.07, 6.45) is 0. The van der Waals surface area contributed by atoms with Crippen molar-refractivity contribution in [1.82, 2.24) is 5.01 Å². The third kappa shape index (κ3) is 4.02. The second-order valence-electron chi connectivity index (χ2n) is 5.20. The lowest BCUT2D eigenvalue weighted by molar-refractivity contribution is 0.216. The number of halogens is 2. The fourth-order valence-electron chi connectivity index (χ4n) is 2.11. The lowest BCUT2D eigenvalue weighted by atomic mass is 10.1. The molecule has 0 bridgehead atoms. The summed E-state index contributed by atoms with van der Waals surface area (Å²) in [5, 5.41) is 1.81. The van der Waals surface area contributed by atoms with Gasteiger partial charge in [-0.3, -0.25) is 5.01 Å². The molecule has 0 saturated heterocycles. The van der Waals surface area contributed by atoms with Gasteiger partial charge in [0.1, 0.15) is 6.61 Å². The summed E-state index contributed by atoms with van der Waals surface area (Å²) in [6, 6.07) is 9.12. The van der Waals surface area contributed by atoms with Gasteiger partial charge < -0.3 is 4.74 Å². The number of hydrazine groups is 2. The number of ether oxygens (including phenoxy) is 1. The predicted molar refractivity (Wildman–Crippen MR) is 93.6 cm³/mol. The monoisotopic (exact) mass is 396 g/mol. The highest BCUT2D eigenvalue weighted by molar-refractivity contribution is 9.10. The molecule has 0 radical (unpaired) electrons. The zero-order chi connectivity index (χ0) is 17.9. The average Bonchev–Trinajstić information content (AvgIpc) is 2.54. The molecule has 2 amide bonds. The Balaban J connectivity index is 2.30. The van der Waals surface area contributed by atoms with Crippen molar-refractivity contribution in [3.8, 4) is 5.75 Å². The van der Waals surface area contributed by atoms with E-state index in [0.717, 1.165) is 15.6 Å². The first-order chi connectivity index (χ1) is 11.3. The Morgan fingerprint density at radius 2 is 2.00 bits per heavy atom. The van der Waals surface area contributed by atoms with E-state index in [1.807, 2.05) is 13.0 Å². The van der Waals surface area contributed by atoms with Crippen LogP contribution in [-0.2, 0) is 6.61 Å². The van der Waals surface area contributed by atoms with E-state index in [1.54, 1.807) is 18.2 Å². The van der Waals surface area contributed by atoms with Crippen LogP contribution in [0.2, 0.25) is 0 Å². The van der Waals surface area contributed by atoms with Crippen molar-refractivity contribution in [3.05, 3.63) is 57.8 Å². The first kappa shape index (κ1) is 18.2. The molecular formula is C16H18BrFN4O2. The fraction of sp³-hybridized carbons (Fsp3) is 0.188. The minimum absolute atomic E-state index is 0.0463. The number of nitrogens with zero attached hydrogens (tertiary/aromatic N) is 2. The van der Waals surface area contributed by atoms with Gasteiger partial charge in [0.15, 0.2) is 11.6 Å². The summed E-state index contributed by atoms with van der Waals surface area (Å²) < 4.78 is 20.1. The predicted octanol–water partition coefficient (Wildman–Crippen LogP) is 3.08. The summed E-state index contributed by atoms with van der Waals surface area (Å²) in [4.78, 5) is 12.0. The van der Waals surface area contributed by atoms with Crippen molar-refractivity contribution in [2.45, 2.75) is 13.5 Å². The molecule has 0 spiro atoms. The Bertz CT molecular complexity index is 755. The van der Waals surface area contributed by atoms with E-state index in [2.05, 4.69) is 15.9 Å². The Morgan fingerprint density at radius 3 is 2.67 bits per heavy atom. The van der Waals surface area contributed by atoms with E-state index in [0.29, 0.717) is 15.7 Å². The minimum atomic E-state index is -0.588. The molecule has 2 aromatic rings. The summed E-state index contributed by atoms with van der Waals surface area (Å²) >= 11 is 3.27. The molecule has 2 rings (SSSR count). The zero-order valence-corrected chi connectivity index (χ0v) is 14.9. The van der Waals surface area contributed by atoms with Crippen LogP contribution in [0.4, 0.5) is 14.9 Å². The van der Waals surface area contributed by atoms with E-state index in [1.165, 1.54) is 19.2 Å². The maximum atomic E-state index is 13.8. The number of nitrogens with two attached hydrogens (primary N) is 2. The Morgan fingerprint density at radius 1 is 1.29 bits per heavy atom. The van der Waals surface area contributed by atoms with Gasteiger partial charge in [-0.25, -0.2) is 25.9 Å².